The highest BCUT2D eigenvalue weighted by Gasteiger charge is 2.19. The minimum absolute atomic E-state index is 0.138. The normalized spacial score (nSPS) is 14.2. The molecule has 0 aliphatic heterocycles. The second kappa shape index (κ2) is 6.70. The fourth-order valence-electron chi connectivity index (χ4n) is 1.32. The third kappa shape index (κ3) is 4.22. The SMILES string of the molecule is CCC(C)C(N)C(=O)Nc1ccc(I)cc1Br. The fraction of sp³-hybridized carbons (Fsp3) is 0.417. The van der Waals surface area contributed by atoms with Crippen LogP contribution in [0.5, 0.6) is 0 Å². The molecular formula is C12H16BrIN2O. The lowest BCUT2D eigenvalue weighted by Crippen LogP contribution is -2.40. The van der Waals surface area contributed by atoms with Crippen LogP contribution in [0.25, 0.3) is 0 Å². The third-order valence-electron chi connectivity index (χ3n) is 2.75. The number of carbonyl (C=O) groups excluding carboxylic acids is 1. The summed E-state index contributed by atoms with van der Waals surface area (Å²) >= 11 is 5.64. The lowest BCUT2D eigenvalue weighted by atomic mass is 9.99. The van der Waals surface area contributed by atoms with Crippen molar-refractivity contribution in [2.75, 3.05) is 5.32 Å². The Morgan fingerprint density at radius 1 is 1.59 bits per heavy atom. The molecule has 94 valence electrons. The predicted molar refractivity (Wildman–Crippen MR) is 82.9 cm³/mol. The Labute approximate surface area is 124 Å². The van der Waals surface area contributed by atoms with Crippen LogP contribution in [0.4, 0.5) is 5.69 Å². The first-order valence-electron chi connectivity index (χ1n) is 5.47. The van der Waals surface area contributed by atoms with E-state index in [0.29, 0.717) is 0 Å². The summed E-state index contributed by atoms with van der Waals surface area (Å²) in [6, 6.07) is 5.29. The molecule has 1 amide bonds. The van der Waals surface area contributed by atoms with Crippen LogP contribution in [0.15, 0.2) is 22.7 Å². The minimum Gasteiger partial charge on any atom is -0.324 e. The van der Waals surface area contributed by atoms with E-state index < -0.39 is 6.04 Å². The van der Waals surface area contributed by atoms with Gasteiger partial charge in [-0.05, 0) is 62.6 Å². The van der Waals surface area contributed by atoms with Gasteiger partial charge in [-0.3, -0.25) is 4.79 Å². The van der Waals surface area contributed by atoms with Crippen LogP contribution in [0.1, 0.15) is 20.3 Å². The molecule has 0 aliphatic carbocycles. The number of anilines is 1. The number of nitrogens with one attached hydrogen (secondary N) is 1. The second-order valence-electron chi connectivity index (χ2n) is 4.02. The van der Waals surface area contributed by atoms with Crippen molar-refractivity contribution in [1.82, 2.24) is 0 Å². The number of rotatable bonds is 4. The first-order chi connectivity index (χ1) is 7.95. The van der Waals surface area contributed by atoms with E-state index in [0.717, 1.165) is 20.2 Å². The summed E-state index contributed by atoms with van der Waals surface area (Å²) in [6.45, 7) is 4.01. The Morgan fingerprint density at radius 2 is 2.24 bits per heavy atom. The Bertz CT molecular complexity index is 411. The first-order valence-corrected chi connectivity index (χ1v) is 7.34. The Kier molecular flexibility index (Phi) is 5.88. The summed E-state index contributed by atoms with van der Waals surface area (Å²) < 4.78 is 1.98. The van der Waals surface area contributed by atoms with Crippen LogP contribution in [0.2, 0.25) is 0 Å². The maximum absolute atomic E-state index is 11.9. The highest BCUT2D eigenvalue weighted by atomic mass is 127. The van der Waals surface area contributed by atoms with Crippen LogP contribution in [-0.4, -0.2) is 11.9 Å². The van der Waals surface area contributed by atoms with Crippen LogP contribution < -0.4 is 11.1 Å². The van der Waals surface area contributed by atoms with Gasteiger partial charge in [0.15, 0.2) is 0 Å². The van der Waals surface area contributed by atoms with E-state index in [-0.39, 0.29) is 11.8 Å². The minimum atomic E-state index is -0.467. The first kappa shape index (κ1) is 14.9. The molecule has 0 aromatic heterocycles. The van der Waals surface area contributed by atoms with Crippen molar-refractivity contribution in [3.8, 4) is 0 Å². The monoisotopic (exact) mass is 410 g/mol. The van der Waals surface area contributed by atoms with E-state index in [2.05, 4.69) is 43.8 Å². The lowest BCUT2D eigenvalue weighted by Gasteiger charge is -2.18. The molecule has 0 bridgehead atoms. The molecule has 0 saturated carbocycles. The summed E-state index contributed by atoms with van der Waals surface area (Å²) in [4.78, 5) is 11.9. The second-order valence-corrected chi connectivity index (χ2v) is 6.12. The van der Waals surface area contributed by atoms with Gasteiger partial charge in [0.05, 0.1) is 11.7 Å². The summed E-state index contributed by atoms with van der Waals surface area (Å²) in [5.74, 6) is 0.0406. The molecule has 5 heteroatoms. The number of benzene rings is 1. The molecule has 0 fully saturated rings. The topological polar surface area (TPSA) is 55.1 Å². The Morgan fingerprint density at radius 3 is 2.76 bits per heavy atom. The zero-order chi connectivity index (χ0) is 13.0. The van der Waals surface area contributed by atoms with Gasteiger partial charge in [-0.25, -0.2) is 0 Å². The molecular weight excluding hydrogens is 395 g/mol. The molecule has 2 atom stereocenters. The highest BCUT2D eigenvalue weighted by Crippen LogP contribution is 2.24. The van der Waals surface area contributed by atoms with Gasteiger partial charge < -0.3 is 11.1 Å². The van der Waals surface area contributed by atoms with Gasteiger partial charge in [-0.2, -0.15) is 0 Å². The molecule has 0 radical (unpaired) electrons. The van der Waals surface area contributed by atoms with E-state index in [4.69, 9.17) is 5.73 Å². The molecule has 0 heterocycles. The molecule has 0 saturated heterocycles. The van der Waals surface area contributed by atoms with Gasteiger partial charge in [0.1, 0.15) is 0 Å². The smallest absolute Gasteiger partial charge is 0.241 e. The van der Waals surface area contributed by atoms with Gasteiger partial charge in [0.25, 0.3) is 0 Å². The Balaban J connectivity index is 2.74. The quantitative estimate of drug-likeness (QED) is 0.747. The van der Waals surface area contributed by atoms with E-state index in [1.165, 1.54) is 0 Å². The number of amides is 1. The summed E-state index contributed by atoms with van der Waals surface area (Å²) in [6.07, 6.45) is 0.891. The van der Waals surface area contributed by atoms with Gasteiger partial charge >= 0.3 is 0 Å². The average molecular weight is 411 g/mol. The maximum Gasteiger partial charge on any atom is 0.241 e. The standard InChI is InChI=1S/C12H16BrIN2O/c1-3-7(2)11(15)12(17)16-10-5-4-8(14)6-9(10)13/h4-7,11H,3,15H2,1-2H3,(H,16,17). The zero-order valence-corrected chi connectivity index (χ0v) is 13.6. The van der Waals surface area contributed by atoms with Gasteiger partial charge in [-0.1, -0.05) is 20.3 Å². The van der Waals surface area contributed by atoms with E-state index in [9.17, 15) is 4.79 Å². The van der Waals surface area contributed by atoms with Crippen molar-refractivity contribution in [2.45, 2.75) is 26.3 Å². The van der Waals surface area contributed by atoms with E-state index in [1.807, 2.05) is 32.0 Å². The average Bonchev–Trinajstić information content (AvgIpc) is 2.30. The van der Waals surface area contributed by atoms with Crippen molar-refractivity contribution >= 4 is 50.1 Å². The van der Waals surface area contributed by atoms with E-state index in [1.54, 1.807) is 0 Å². The van der Waals surface area contributed by atoms with Crippen LogP contribution in [0, 0.1) is 9.49 Å². The van der Waals surface area contributed by atoms with Gasteiger partial charge in [-0.15, -0.1) is 0 Å². The highest BCUT2D eigenvalue weighted by molar-refractivity contribution is 14.1. The summed E-state index contributed by atoms with van der Waals surface area (Å²) in [5.41, 5.74) is 6.63. The molecule has 1 aromatic rings. The molecule has 0 aliphatic rings. The fourth-order valence-corrected chi connectivity index (χ4v) is 2.72. The van der Waals surface area contributed by atoms with Crippen LogP contribution in [-0.2, 0) is 4.79 Å². The molecule has 1 aromatic carbocycles. The molecule has 2 unspecified atom stereocenters. The molecule has 17 heavy (non-hydrogen) atoms. The number of carbonyl (C=O) groups is 1. The summed E-state index contributed by atoms with van der Waals surface area (Å²) in [5, 5.41) is 2.84. The largest absolute Gasteiger partial charge is 0.324 e. The zero-order valence-electron chi connectivity index (χ0n) is 9.84. The molecule has 1 rings (SSSR count). The molecule has 3 N–H and O–H groups in total. The number of hydrogen-bond donors (Lipinski definition) is 2. The van der Waals surface area contributed by atoms with Crippen LogP contribution >= 0.6 is 38.5 Å². The lowest BCUT2D eigenvalue weighted by molar-refractivity contribution is -0.118. The predicted octanol–water partition coefficient (Wildman–Crippen LogP) is 3.37. The van der Waals surface area contributed by atoms with Gasteiger partial charge in [0.2, 0.25) is 5.91 Å². The van der Waals surface area contributed by atoms with Crippen molar-refractivity contribution in [3.05, 3.63) is 26.2 Å². The van der Waals surface area contributed by atoms with E-state index >= 15 is 0 Å². The number of nitrogens with two attached hydrogens (primary N) is 1. The Hall–Kier alpha value is -0.140. The molecule has 3 nitrogen and oxygen atoms in total. The van der Waals surface area contributed by atoms with Crippen molar-refractivity contribution in [2.24, 2.45) is 11.7 Å². The number of hydrogen-bond acceptors (Lipinski definition) is 2. The molecule has 0 spiro atoms. The summed E-state index contributed by atoms with van der Waals surface area (Å²) in [7, 11) is 0. The van der Waals surface area contributed by atoms with Crippen LogP contribution in [0.3, 0.4) is 0 Å². The van der Waals surface area contributed by atoms with Crippen molar-refractivity contribution < 1.29 is 4.79 Å². The van der Waals surface area contributed by atoms with Crippen molar-refractivity contribution in [1.29, 1.82) is 0 Å². The van der Waals surface area contributed by atoms with Crippen molar-refractivity contribution in [3.63, 3.8) is 0 Å². The third-order valence-corrected chi connectivity index (χ3v) is 4.08. The number of halogens is 2. The maximum atomic E-state index is 11.9. The van der Waals surface area contributed by atoms with Gasteiger partial charge in [0, 0.05) is 8.04 Å².